The number of nitrogens with zero attached hydrogens (tertiary/aromatic N) is 3. The second-order valence-electron chi connectivity index (χ2n) is 4.39. The minimum Gasteiger partial charge on any atom is -0.378 e. The maximum atomic E-state index is 6.08. The Morgan fingerprint density at radius 2 is 2.06 bits per heavy atom. The van der Waals surface area contributed by atoms with Gasteiger partial charge >= 0.3 is 0 Å². The standard InChI is InChI=1S/C11H21N5O/c1-8-10(9(13)7-12)11(15(2)14-8)16-3-5-17-6-4-16/h9H,3-7,12-13H2,1-2H3. The van der Waals surface area contributed by atoms with Crippen molar-refractivity contribution in [3.8, 4) is 0 Å². The summed E-state index contributed by atoms with van der Waals surface area (Å²) in [4.78, 5) is 2.27. The molecule has 0 spiro atoms. The predicted molar refractivity (Wildman–Crippen MR) is 67.0 cm³/mol. The van der Waals surface area contributed by atoms with E-state index in [-0.39, 0.29) is 6.04 Å². The van der Waals surface area contributed by atoms with Crippen LogP contribution in [-0.4, -0.2) is 42.6 Å². The van der Waals surface area contributed by atoms with Gasteiger partial charge in [-0.3, -0.25) is 4.68 Å². The lowest BCUT2D eigenvalue weighted by Gasteiger charge is -2.30. The van der Waals surface area contributed by atoms with Crippen molar-refractivity contribution in [2.45, 2.75) is 13.0 Å². The SMILES string of the molecule is Cc1nn(C)c(N2CCOCC2)c1C(N)CN. The molecule has 1 aliphatic heterocycles. The quantitative estimate of drug-likeness (QED) is 0.744. The first kappa shape index (κ1) is 12.3. The number of aryl methyl sites for hydroxylation is 2. The summed E-state index contributed by atoms with van der Waals surface area (Å²) in [6, 6.07) is -0.151. The van der Waals surface area contributed by atoms with Crippen molar-refractivity contribution in [1.29, 1.82) is 0 Å². The van der Waals surface area contributed by atoms with E-state index in [1.807, 2.05) is 18.7 Å². The van der Waals surface area contributed by atoms with Crippen LogP contribution < -0.4 is 16.4 Å². The zero-order chi connectivity index (χ0) is 12.4. The Labute approximate surface area is 102 Å². The van der Waals surface area contributed by atoms with Crippen LogP contribution in [0.4, 0.5) is 5.82 Å². The van der Waals surface area contributed by atoms with Crippen molar-refractivity contribution in [1.82, 2.24) is 9.78 Å². The molecule has 1 aromatic heterocycles. The van der Waals surface area contributed by atoms with Gasteiger partial charge in [0.1, 0.15) is 5.82 Å². The monoisotopic (exact) mass is 239 g/mol. The largest absolute Gasteiger partial charge is 0.378 e. The summed E-state index contributed by atoms with van der Waals surface area (Å²) >= 11 is 0. The number of ether oxygens (including phenoxy) is 1. The molecule has 0 saturated carbocycles. The average molecular weight is 239 g/mol. The molecule has 1 aromatic rings. The molecule has 4 N–H and O–H groups in total. The number of hydrogen-bond acceptors (Lipinski definition) is 5. The van der Waals surface area contributed by atoms with E-state index in [1.54, 1.807) is 0 Å². The molecule has 1 unspecified atom stereocenters. The lowest BCUT2D eigenvalue weighted by molar-refractivity contribution is 0.122. The van der Waals surface area contributed by atoms with E-state index in [0.717, 1.165) is 43.4 Å². The first-order valence-electron chi connectivity index (χ1n) is 5.97. The molecule has 0 radical (unpaired) electrons. The molecule has 1 fully saturated rings. The first-order chi connectivity index (χ1) is 8.15. The fourth-order valence-corrected chi connectivity index (χ4v) is 2.36. The Morgan fingerprint density at radius 3 is 2.65 bits per heavy atom. The Hall–Kier alpha value is -1.11. The van der Waals surface area contributed by atoms with Crippen molar-refractivity contribution >= 4 is 5.82 Å². The third-order valence-corrected chi connectivity index (χ3v) is 3.17. The third kappa shape index (κ3) is 2.29. The molecule has 0 aromatic carbocycles. The molecule has 1 saturated heterocycles. The number of morpholine rings is 1. The van der Waals surface area contributed by atoms with Crippen molar-refractivity contribution in [2.24, 2.45) is 18.5 Å². The molecule has 0 aliphatic carbocycles. The molecule has 0 amide bonds. The van der Waals surface area contributed by atoms with E-state index in [2.05, 4.69) is 10.00 Å². The fraction of sp³-hybridized carbons (Fsp3) is 0.727. The Morgan fingerprint density at radius 1 is 1.41 bits per heavy atom. The highest BCUT2D eigenvalue weighted by Gasteiger charge is 2.24. The Kier molecular flexibility index (Phi) is 3.66. The molecule has 1 atom stereocenters. The maximum absolute atomic E-state index is 6.08. The molecule has 96 valence electrons. The van der Waals surface area contributed by atoms with Crippen LogP contribution in [0, 0.1) is 6.92 Å². The molecule has 1 aliphatic rings. The minimum atomic E-state index is -0.151. The highest BCUT2D eigenvalue weighted by molar-refractivity contribution is 5.52. The van der Waals surface area contributed by atoms with Gasteiger partial charge in [-0.15, -0.1) is 0 Å². The van der Waals surface area contributed by atoms with Crippen LogP contribution in [0.2, 0.25) is 0 Å². The molecule has 6 nitrogen and oxygen atoms in total. The van der Waals surface area contributed by atoms with Crippen LogP contribution in [0.15, 0.2) is 0 Å². The highest BCUT2D eigenvalue weighted by atomic mass is 16.5. The van der Waals surface area contributed by atoms with Gasteiger partial charge in [-0.05, 0) is 6.92 Å². The third-order valence-electron chi connectivity index (χ3n) is 3.17. The summed E-state index contributed by atoms with van der Waals surface area (Å²) in [6.45, 7) is 5.67. The number of anilines is 1. The van der Waals surface area contributed by atoms with Gasteiger partial charge in [-0.1, -0.05) is 0 Å². The highest BCUT2D eigenvalue weighted by Crippen LogP contribution is 2.28. The van der Waals surface area contributed by atoms with Crippen molar-refractivity contribution in [3.05, 3.63) is 11.3 Å². The average Bonchev–Trinajstić information content (AvgIpc) is 2.64. The maximum Gasteiger partial charge on any atom is 0.131 e. The van der Waals surface area contributed by atoms with Crippen molar-refractivity contribution < 1.29 is 4.74 Å². The smallest absolute Gasteiger partial charge is 0.131 e. The van der Waals surface area contributed by atoms with E-state index >= 15 is 0 Å². The van der Waals surface area contributed by atoms with Crippen LogP contribution in [0.3, 0.4) is 0 Å². The summed E-state index contributed by atoms with van der Waals surface area (Å²) in [5.74, 6) is 1.09. The Balaban J connectivity index is 2.36. The summed E-state index contributed by atoms with van der Waals surface area (Å²) in [5.41, 5.74) is 13.8. The number of rotatable bonds is 3. The zero-order valence-electron chi connectivity index (χ0n) is 10.5. The normalized spacial score (nSPS) is 18.5. The van der Waals surface area contributed by atoms with Gasteiger partial charge in [-0.25, -0.2) is 0 Å². The van der Waals surface area contributed by atoms with Crippen LogP contribution in [0.25, 0.3) is 0 Å². The van der Waals surface area contributed by atoms with Crippen molar-refractivity contribution in [2.75, 3.05) is 37.7 Å². The molecule has 2 rings (SSSR count). The van der Waals surface area contributed by atoms with Gasteiger partial charge in [0.15, 0.2) is 0 Å². The van der Waals surface area contributed by atoms with Crippen LogP contribution in [-0.2, 0) is 11.8 Å². The molecule has 0 bridgehead atoms. The second-order valence-corrected chi connectivity index (χ2v) is 4.39. The molecule has 6 heteroatoms. The van der Waals surface area contributed by atoms with Gasteiger partial charge in [0, 0.05) is 38.3 Å². The van der Waals surface area contributed by atoms with Gasteiger partial charge in [0.2, 0.25) is 0 Å². The first-order valence-corrected chi connectivity index (χ1v) is 5.97. The summed E-state index contributed by atoms with van der Waals surface area (Å²) in [7, 11) is 1.95. The molecular weight excluding hydrogens is 218 g/mol. The number of hydrogen-bond donors (Lipinski definition) is 2. The lowest BCUT2D eigenvalue weighted by Crippen LogP contribution is -2.38. The second kappa shape index (κ2) is 5.03. The van der Waals surface area contributed by atoms with Crippen LogP contribution in [0.1, 0.15) is 17.3 Å². The van der Waals surface area contributed by atoms with E-state index in [4.69, 9.17) is 16.2 Å². The van der Waals surface area contributed by atoms with Gasteiger partial charge in [-0.2, -0.15) is 5.10 Å². The van der Waals surface area contributed by atoms with E-state index < -0.39 is 0 Å². The van der Waals surface area contributed by atoms with Gasteiger partial charge in [0.05, 0.1) is 18.9 Å². The van der Waals surface area contributed by atoms with Gasteiger partial charge < -0.3 is 21.1 Å². The lowest BCUT2D eigenvalue weighted by atomic mass is 10.1. The van der Waals surface area contributed by atoms with E-state index in [9.17, 15) is 0 Å². The fourth-order valence-electron chi connectivity index (χ4n) is 2.36. The van der Waals surface area contributed by atoms with Crippen LogP contribution in [0.5, 0.6) is 0 Å². The minimum absolute atomic E-state index is 0.151. The predicted octanol–water partition coefficient (Wildman–Crippen LogP) is -0.476. The zero-order valence-corrected chi connectivity index (χ0v) is 10.5. The summed E-state index contributed by atoms with van der Waals surface area (Å²) in [6.07, 6.45) is 0. The number of aromatic nitrogens is 2. The summed E-state index contributed by atoms with van der Waals surface area (Å²) < 4.78 is 7.26. The van der Waals surface area contributed by atoms with E-state index in [1.165, 1.54) is 0 Å². The number of nitrogens with two attached hydrogens (primary N) is 2. The molecule has 2 heterocycles. The Bertz CT molecular complexity index is 383. The van der Waals surface area contributed by atoms with Crippen molar-refractivity contribution in [3.63, 3.8) is 0 Å². The topological polar surface area (TPSA) is 82.3 Å². The molecule has 17 heavy (non-hydrogen) atoms. The van der Waals surface area contributed by atoms with Gasteiger partial charge in [0.25, 0.3) is 0 Å². The van der Waals surface area contributed by atoms with E-state index in [0.29, 0.717) is 6.54 Å². The summed E-state index contributed by atoms with van der Waals surface area (Å²) in [5, 5.41) is 4.45. The van der Waals surface area contributed by atoms with Crippen LogP contribution >= 0.6 is 0 Å². The molecular formula is C11H21N5O.